The Kier molecular flexibility index (Phi) is 4.22. The zero-order chi connectivity index (χ0) is 13.2. The standard InChI is InChI=1S/C13H16BrF2NO/c1-18-11-2-3-12(14)10(8-11)9-17-6-4-13(15,16)5-7-17/h2-3,8H,4-7,9H2,1H3. The third kappa shape index (κ3) is 3.42. The topological polar surface area (TPSA) is 12.5 Å². The predicted octanol–water partition coefficient (Wildman–Crippen LogP) is 3.69. The molecule has 1 aliphatic heterocycles. The Balaban J connectivity index is 2.01. The van der Waals surface area contributed by atoms with Gasteiger partial charge in [0.25, 0.3) is 5.92 Å². The Hall–Kier alpha value is -0.680. The van der Waals surface area contributed by atoms with Crippen molar-refractivity contribution in [1.29, 1.82) is 0 Å². The molecule has 0 unspecified atom stereocenters. The molecule has 5 heteroatoms. The van der Waals surface area contributed by atoms with E-state index < -0.39 is 5.92 Å². The van der Waals surface area contributed by atoms with Gasteiger partial charge in [0, 0.05) is 36.9 Å². The summed E-state index contributed by atoms with van der Waals surface area (Å²) in [6.45, 7) is 1.56. The van der Waals surface area contributed by atoms with Crippen LogP contribution in [-0.4, -0.2) is 31.0 Å². The van der Waals surface area contributed by atoms with Crippen LogP contribution in [-0.2, 0) is 6.54 Å². The first-order chi connectivity index (χ1) is 8.50. The number of halogens is 3. The number of methoxy groups -OCH3 is 1. The van der Waals surface area contributed by atoms with E-state index in [0.29, 0.717) is 19.6 Å². The number of hydrogen-bond donors (Lipinski definition) is 0. The second-order valence-corrected chi connectivity index (χ2v) is 5.44. The molecule has 0 N–H and O–H groups in total. The second-order valence-electron chi connectivity index (χ2n) is 4.59. The molecule has 0 spiro atoms. The number of alkyl halides is 2. The summed E-state index contributed by atoms with van der Waals surface area (Å²) in [5.41, 5.74) is 1.07. The molecular formula is C13H16BrF2NO. The molecule has 0 atom stereocenters. The first-order valence-electron chi connectivity index (χ1n) is 5.93. The van der Waals surface area contributed by atoms with Gasteiger partial charge in [-0.1, -0.05) is 15.9 Å². The average Bonchev–Trinajstić information content (AvgIpc) is 2.34. The predicted molar refractivity (Wildman–Crippen MR) is 70.2 cm³/mol. The van der Waals surface area contributed by atoms with Crippen LogP contribution in [0.3, 0.4) is 0 Å². The summed E-state index contributed by atoms with van der Waals surface area (Å²) in [4.78, 5) is 2.05. The van der Waals surface area contributed by atoms with Crippen LogP contribution in [0.4, 0.5) is 8.78 Å². The van der Waals surface area contributed by atoms with Crippen LogP contribution in [0.2, 0.25) is 0 Å². The summed E-state index contributed by atoms with van der Waals surface area (Å²) in [5, 5.41) is 0. The third-order valence-corrected chi connectivity index (χ3v) is 4.01. The lowest BCUT2D eigenvalue weighted by Gasteiger charge is -2.31. The molecule has 0 bridgehead atoms. The van der Waals surface area contributed by atoms with Gasteiger partial charge in [0.1, 0.15) is 5.75 Å². The fourth-order valence-electron chi connectivity index (χ4n) is 2.08. The molecule has 1 saturated heterocycles. The highest BCUT2D eigenvalue weighted by atomic mass is 79.9. The normalized spacial score (nSPS) is 19.8. The highest BCUT2D eigenvalue weighted by Crippen LogP contribution is 2.30. The number of likely N-dealkylation sites (tertiary alicyclic amines) is 1. The number of rotatable bonds is 3. The Morgan fingerprint density at radius 3 is 2.61 bits per heavy atom. The van der Waals surface area contributed by atoms with Crippen molar-refractivity contribution in [3.05, 3.63) is 28.2 Å². The van der Waals surface area contributed by atoms with Gasteiger partial charge in [-0.15, -0.1) is 0 Å². The smallest absolute Gasteiger partial charge is 0.250 e. The molecule has 0 amide bonds. The zero-order valence-electron chi connectivity index (χ0n) is 10.3. The number of benzene rings is 1. The summed E-state index contributed by atoms with van der Waals surface area (Å²) in [7, 11) is 1.62. The van der Waals surface area contributed by atoms with Crippen molar-refractivity contribution < 1.29 is 13.5 Å². The molecule has 1 fully saturated rings. The molecule has 0 saturated carbocycles. The van der Waals surface area contributed by atoms with Gasteiger partial charge in [0.2, 0.25) is 0 Å². The largest absolute Gasteiger partial charge is 0.497 e. The maximum atomic E-state index is 13.1. The van der Waals surface area contributed by atoms with Gasteiger partial charge >= 0.3 is 0 Å². The van der Waals surface area contributed by atoms with E-state index in [1.807, 2.05) is 18.2 Å². The van der Waals surface area contributed by atoms with Crippen LogP contribution in [0.5, 0.6) is 5.75 Å². The highest BCUT2D eigenvalue weighted by Gasteiger charge is 2.33. The molecule has 18 heavy (non-hydrogen) atoms. The summed E-state index contributed by atoms with van der Waals surface area (Å²) >= 11 is 3.48. The molecule has 2 nitrogen and oxygen atoms in total. The van der Waals surface area contributed by atoms with E-state index in [-0.39, 0.29) is 12.8 Å². The third-order valence-electron chi connectivity index (χ3n) is 3.23. The van der Waals surface area contributed by atoms with Crippen molar-refractivity contribution in [3.8, 4) is 5.75 Å². The minimum absolute atomic E-state index is 0.0470. The van der Waals surface area contributed by atoms with Gasteiger partial charge in [-0.3, -0.25) is 4.90 Å². The lowest BCUT2D eigenvalue weighted by atomic mass is 10.1. The Labute approximate surface area is 114 Å². The SMILES string of the molecule is COc1ccc(Br)c(CN2CCC(F)(F)CC2)c1. The maximum Gasteiger partial charge on any atom is 0.250 e. The summed E-state index contributed by atoms with van der Waals surface area (Å²) in [6, 6.07) is 5.74. The molecule has 1 aromatic carbocycles. The van der Waals surface area contributed by atoms with Crippen molar-refractivity contribution in [3.63, 3.8) is 0 Å². The van der Waals surface area contributed by atoms with Crippen molar-refractivity contribution >= 4 is 15.9 Å². The van der Waals surface area contributed by atoms with E-state index in [1.165, 1.54) is 0 Å². The molecule has 1 aromatic rings. The number of nitrogens with zero attached hydrogens (tertiary/aromatic N) is 1. The van der Waals surface area contributed by atoms with Crippen LogP contribution >= 0.6 is 15.9 Å². The number of piperidine rings is 1. The molecule has 0 aliphatic carbocycles. The van der Waals surface area contributed by atoms with Gasteiger partial charge in [0.05, 0.1) is 7.11 Å². The van der Waals surface area contributed by atoms with E-state index in [0.717, 1.165) is 15.8 Å². The van der Waals surface area contributed by atoms with E-state index >= 15 is 0 Å². The van der Waals surface area contributed by atoms with Gasteiger partial charge in [0.15, 0.2) is 0 Å². The van der Waals surface area contributed by atoms with Crippen LogP contribution < -0.4 is 4.74 Å². The minimum Gasteiger partial charge on any atom is -0.497 e. The van der Waals surface area contributed by atoms with Crippen molar-refractivity contribution in [2.45, 2.75) is 25.3 Å². The molecule has 1 aliphatic rings. The van der Waals surface area contributed by atoms with E-state index in [4.69, 9.17) is 4.74 Å². The molecular weight excluding hydrogens is 304 g/mol. The highest BCUT2D eigenvalue weighted by molar-refractivity contribution is 9.10. The maximum absolute atomic E-state index is 13.1. The summed E-state index contributed by atoms with van der Waals surface area (Å²) in [6.07, 6.45) is -0.0941. The van der Waals surface area contributed by atoms with Crippen LogP contribution in [0, 0.1) is 0 Å². The second kappa shape index (κ2) is 5.53. The average molecular weight is 320 g/mol. The number of ether oxygens (including phenoxy) is 1. The van der Waals surface area contributed by atoms with Crippen LogP contribution in [0.1, 0.15) is 18.4 Å². The fraction of sp³-hybridized carbons (Fsp3) is 0.538. The van der Waals surface area contributed by atoms with Crippen molar-refractivity contribution in [2.24, 2.45) is 0 Å². The van der Waals surface area contributed by atoms with E-state index in [2.05, 4.69) is 20.8 Å². The van der Waals surface area contributed by atoms with Gasteiger partial charge in [-0.2, -0.15) is 0 Å². The molecule has 0 radical (unpaired) electrons. The summed E-state index contributed by atoms with van der Waals surface area (Å²) < 4.78 is 32.3. The monoisotopic (exact) mass is 319 g/mol. The lowest BCUT2D eigenvalue weighted by Crippen LogP contribution is -2.38. The molecule has 1 heterocycles. The number of hydrogen-bond acceptors (Lipinski definition) is 2. The lowest BCUT2D eigenvalue weighted by molar-refractivity contribution is -0.0566. The Morgan fingerprint density at radius 1 is 1.33 bits per heavy atom. The molecule has 2 rings (SSSR count). The zero-order valence-corrected chi connectivity index (χ0v) is 11.8. The van der Waals surface area contributed by atoms with Crippen molar-refractivity contribution in [1.82, 2.24) is 4.90 Å². The first-order valence-corrected chi connectivity index (χ1v) is 6.72. The van der Waals surface area contributed by atoms with Gasteiger partial charge < -0.3 is 4.74 Å². The Morgan fingerprint density at radius 2 is 2.00 bits per heavy atom. The quantitative estimate of drug-likeness (QED) is 0.842. The van der Waals surface area contributed by atoms with E-state index in [9.17, 15) is 8.78 Å². The Bertz CT molecular complexity index is 415. The van der Waals surface area contributed by atoms with Gasteiger partial charge in [-0.05, 0) is 23.8 Å². The fourth-order valence-corrected chi connectivity index (χ4v) is 2.45. The van der Waals surface area contributed by atoms with Crippen LogP contribution in [0.15, 0.2) is 22.7 Å². The first kappa shape index (κ1) is 13.7. The van der Waals surface area contributed by atoms with Crippen molar-refractivity contribution in [2.75, 3.05) is 20.2 Å². The minimum atomic E-state index is -2.48. The van der Waals surface area contributed by atoms with E-state index in [1.54, 1.807) is 7.11 Å². The summed E-state index contributed by atoms with van der Waals surface area (Å²) in [5.74, 6) is -1.70. The molecule has 100 valence electrons. The molecule has 0 aromatic heterocycles. The van der Waals surface area contributed by atoms with Gasteiger partial charge in [-0.25, -0.2) is 8.78 Å². The van der Waals surface area contributed by atoms with Crippen LogP contribution in [0.25, 0.3) is 0 Å².